The van der Waals surface area contributed by atoms with Gasteiger partial charge in [0.2, 0.25) is 0 Å². The average molecular weight is 267 g/mol. The first-order chi connectivity index (χ1) is 7.09. The van der Waals surface area contributed by atoms with Crippen LogP contribution in [0.25, 0.3) is 5.82 Å². The molecule has 0 aromatic carbocycles. The van der Waals surface area contributed by atoms with Gasteiger partial charge in [0.25, 0.3) is 0 Å². The second-order valence-corrected chi connectivity index (χ2v) is 4.28. The van der Waals surface area contributed by atoms with Crippen LogP contribution in [-0.2, 0) is 0 Å². The van der Waals surface area contributed by atoms with Gasteiger partial charge in [-0.3, -0.25) is 0 Å². The predicted octanol–water partition coefficient (Wildman–Crippen LogP) is 2.35. The van der Waals surface area contributed by atoms with Gasteiger partial charge < -0.3 is 0 Å². The van der Waals surface area contributed by atoms with Gasteiger partial charge in [0.15, 0.2) is 5.82 Å². The Morgan fingerprint density at radius 1 is 1.27 bits per heavy atom. The maximum atomic E-state index is 4.39. The van der Waals surface area contributed by atoms with Crippen molar-refractivity contribution in [2.75, 3.05) is 0 Å². The maximum Gasteiger partial charge on any atom is 0.176 e. The second kappa shape index (κ2) is 3.73. The number of nitrogens with zero attached hydrogens (tertiary/aromatic N) is 4. The van der Waals surface area contributed by atoms with Gasteiger partial charge in [-0.1, -0.05) is 0 Å². The SMILES string of the molecule is Cc1cnnc(-n2nc(C)c(Br)c2C)c1. The zero-order valence-electron chi connectivity index (χ0n) is 8.82. The molecule has 15 heavy (non-hydrogen) atoms. The standard InChI is InChI=1S/C10H11BrN4/c1-6-4-9(13-12-5-6)15-8(3)10(11)7(2)14-15/h4-5H,1-3H3. The number of halogens is 1. The van der Waals surface area contributed by atoms with E-state index in [0.29, 0.717) is 0 Å². The molecule has 2 rings (SSSR count). The Bertz CT molecular complexity index is 504. The molecule has 5 heteroatoms. The number of aryl methyl sites for hydroxylation is 2. The Kier molecular flexibility index (Phi) is 2.56. The molecule has 78 valence electrons. The Morgan fingerprint density at radius 3 is 2.53 bits per heavy atom. The lowest BCUT2D eigenvalue weighted by atomic mass is 10.3. The Hall–Kier alpha value is -1.23. The summed E-state index contributed by atoms with van der Waals surface area (Å²) in [6.07, 6.45) is 1.73. The zero-order chi connectivity index (χ0) is 11.0. The van der Waals surface area contributed by atoms with E-state index in [9.17, 15) is 0 Å². The van der Waals surface area contributed by atoms with Crippen molar-refractivity contribution in [1.29, 1.82) is 0 Å². The molecule has 0 bridgehead atoms. The average Bonchev–Trinajstić information content (AvgIpc) is 2.46. The Labute approximate surface area is 96.5 Å². The molecule has 0 unspecified atom stereocenters. The minimum atomic E-state index is 0.751. The van der Waals surface area contributed by atoms with Crippen molar-refractivity contribution in [3.63, 3.8) is 0 Å². The van der Waals surface area contributed by atoms with Crippen LogP contribution in [-0.4, -0.2) is 20.0 Å². The van der Waals surface area contributed by atoms with Gasteiger partial charge in [0, 0.05) is 0 Å². The predicted molar refractivity (Wildman–Crippen MR) is 61.1 cm³/mol. The highest BCUT2D eigenvalue weighted by molar-refractivity contribution is 9.10. The molecular formula is C10H11BrN4. The molecule has 0 fully saturated rings. The van der Waals surface area contributed by atoms with Crippen LogP contribution in [0.1, 0.15) is 17.0 Å². The lowest BCUT2D eigenvalue weighted by Gasteiger charge is -2.02. The summed E-state index contributed by atoms with van der Waals surface area (Å²) in [6.45, 7) is 5.93. The van der Waals surface area contributed by atoms with E-state index >= 15 is 0 Å². The monoisotopic (exact) mass is 266 g/mol. The first-order valence-electron chi connectivity index (χ1n) is 4.61. The molecule has 2 aromatic heterocycles. The summed E-state index contributed by atoms with van der Waals surface area (Å²) in [5.74, 6) is 0.751. The van der Waals surface area contributed by atoms with Crippen LogP contribution in [0.5, 0.6) is 0 Å². The summed E-state index contributed by atoms with van der Waals surface area (Å²) in [6, 6.07) is 1.96. The molecule has 0 radical (unpaired) electrons. The minimum Gasteiger partial charge on any atom is -0.216 e. The lowest BCUT2D eigenvalue weighted by molar-refractivity contribution is 0.778. The highest BCUT2D eigenvalue weighted by Gasteiger charge is 2.11. The summed E-state index contributed by atoms with van der Waals surface area (Å²) in [7, 11) is 0. The van der Waals surface area contributed by atoms with Crippen LogP contribution in [0.2, 0.25) is 0 Å². The molecule has 0 aliphatic carbocycles. The van der Waals surface area contributed by atoms with Crippen LogP contribution in [0.3, 0.4) is 0 Å². The molecule has 2 heterocycles. The van der Waals surface area contributed by atoms with Gasteiger partial charge in [-0.2, -0.15) is 10.2 Å². The molecule has 0 saturated heterocycles. The summed E-state index contributed by atoms with van der Waals surface area (Å²) in [5, 5.41) is 12.4. The van der Waals surface area contributed by atoms with Crippen molar-refractivity contribution in [3.8, 4) is 5.82 Å². The van der Waals surface area contributed by atoms with Crippen LogP contribution in [0.15, 0.2) is 16.7 Å². The highest BCUT2D eigenvalue weighted by Crippen LogP contribution is 2.21. The van der Waals surface area contributed by atoms with E-state index in [-0.39, 0.29) is 0 Å². The third-order valence-corrected chi connectivity index (χ3v) is 3.35. The maximum absolute atomic E-state index is 4.39. The number of aromatic nitrogens is 4. The van der Waals surface area contributed by atoms with E-state index in [0.717, 1.165) is 27.2 Å². The van der Waals surface area contributed by atoms with Crippen molar-refractivity contribution < 1.29 is 0 Å². The van der Waals surface area contributed by atoms with Gasteiger partial charge in [-0.25, -0.2) is 4.68 Å². The third-order valence-electron chi connectivity index (χ3n) is 2.20. The van der Waals surface area contributed by atoms with Gasteiger partial charge in [0.1, 0.15) is 0 Å². The molecular weight excluding hydrogens is 256 g/mol. The molecule has 0 aliphatic rings. The van der Waals surface area contributed by atoms with E-state index < -0.39 is 0 Å². The van der Waals surface area contributed by atoms with E-state index in [2.05, 4.69) is 31.2 Å². The van der Waals surface area contributed by atoms with Crippen LogP contribution in [0, 0.1) is 20.8 Å². The van der Waals surface area contributed by atoms with Crippen molar-refractivity contribution in [2.24, 2.45) is 0 Å². The van der Waals surface area contributed by atoms with Crippen molar-refractivity contribution in [3.05, 3.63) is 33.7 Å². The number of rotatable bonds is 1. The summed E-state index contributed by atoms with van der Waals surface area (Å²) in [4.78, 5) is 0. The molecule has 2 aromatic rings. The van der Waals surface area contributed by atoms with Gasteiger partial charge in [0.05, 0.1) is 22.1 Å². The van der Waals surface area contributed by atoms with Crippen molar-refractivity contribution in [1.82, 2.24) is 20.0 Å². The molecule has 0 atom stereocenters. The van der Waals surface area contributed by atoms with Crippen LogP contribution >= 0.6 is 15.9 Å². The largest absolute Gasteiger partial charge is 0.216 e. The van der Waals surface area contributed by atoms with E-state index in [1.807, 2.05) is 26.8 Å². The van der Waals surface area contributed by atoms with Crippen molar-refractivity contribution in [2.45, 2.75) is 20.8 Å². The second-order valence-electron chi connectivity index (χ2n) is 3.49. The minimum absolute atomic E-state index is 0.751. The first kappa shape index (κ1) is 10.3. The fourth-order valence-corrected chi connectivity index (χ4v) is 1.65. The highest BCUT2D eigenvalue weighted by atomic mass is 79.9. The normalized spacial score (nSPS) is 10.7. The summed E-state index contributed by atoms with van der Waals surface area (Å²) >= 11 is 3.48. The fraction of sp³-hybridized carbons (Fsp3) is 0.300. The van der Waals surface area contributed by atoms with Crippen molar-refractivity contribution >= 4 is 15.9 Å². The van der Waals surface area contributed by atoms with E-state index in [1.54, 1.807) is 10.9 Å². The quantitative estimate of drug-likeness (QED) is 0.796. The number of hydrogen-bond donors (Lipinski definition) is 0. The zero-order valence-corrected chi connectivity index (χ0v) is 10.4. The Balaban J connectivity index is 2.59. The molecule has 4 nitrogen and oxygen atoms in total. The Morgan fingerprint density at radius 2 is 2.00 bits per heavy atom. The first-order valence-corrected chi connectivity index (χ1v) is 5.40. The summed E-state index contributed by atoms with van der Waals surface area (Å²) < 4.78 is 2.81. The summed E-state index contributed by atoms with van der Waals surface area (Å²) in [5.41, 5.74) is 3.06. The molecule has 0 aliphatic heterocycles. The topological polar surface area (TPSA) is 43.6 Å². The molecule has 0 N–H and O–H groups in total. The molecule has 0 saturated carbocycles. The van der Waals surface area contributed by atoms with Gasteiger partial charge >= 0.3 is 0 Å². The smallest absolute Gasteiger partial charge is 0.176 e. The van der Waals surface area contributed by atoms with E-state index in [1.165, 1.54) is 0 Å². The van der Waals surface area contributed by atoms with Crippen LogP contribution in [0.4, 0.5) is 0 Å². The van der Waals surface area contributed by atoms with Crippen LogP contribution < -0.4 is 0 Å². The molecule has 0 spiro atoms. The molecule has 0 amide bonds. The lowest BCUT2D eigenvalue weighted by Crippen LogP contribution is -2.03. The fourth-order valence-electron chi connectivity index (χ4n) is 1.40. The number of hydrogen-bond acceptors (Lipinski definition) is 3. The van der Waals surface area contributed by atoms with Gasteiger partial charge in [-0.15, -0.1) is 5.10 Å². The van der Waals surface area contributed by atoms with E-state index in [4.69, 9.17) is 0 Å². The third kappa shape index (κ3) is 1.79. The van der Waals surface area contributed by atoms with Gasteiger partial charge in [-0.05, 0) is 48.3 Å².